The van der Waals surface area contributed by atoms with Crippen molar-refractivity contribution in [2.45, 2.75) is 6.42 Å². The standard InChI is InChI=1S/C4H6INO/c1-3(5)2-4(6)7/h1-2H2,(H2,6,7). The molecule has 2 nitrogen and oxygen atoms in total. The summed E-state index contributed by atoms with van der Waals surface area (Å²) >= 11 is 1.96. The van der Waals surface area contributed by atoms with Gasteiger partial charge in [-0.2, -0.15) is 0 Å². The molecule has 0 heterocycles. The fraction of sp³-hybridized carbons (Fsp3) is 0.250. The molecule has 0 saturated heterocycles. The predicted molar refractivity (Wildman–Crippen MR) is 37.0 cm³/mol. The Morgan fingerprint density at radius 3 is 2.29 bits per heavy atom. The number of primary amides is 1. The van der Waals surface area contributed by atoms with Crippen LogP contribution in [0.2, 0.25) is 0 Å². The van der Waals surface area contributed by atoms with Crippen LogP contribution in [0.15, 0.2) is 10.2 Å². The van der Waals surface area contributed by atoms with Gasteiger partial charge in [0.2, 0.25) is 5.91 Å². The summed E-state index contributed by atoms with van der Waals surface area (Å²) < 4.78 is 0.783. The van der Waals surface area contributed by atoms with E-state index in [0.717, 1.165) is 3.58 Å². The molecule has 0 rings (SSSR count). The lowest BCUT2D eigenvalue weighted by Crippen LogP contribution is -2.08. The van der Waals surface area contributed by atoms with Gasteiger partial charge in [0.15, 0.2) is 0 Å². The predicted octanol–water partition coefficient (Wildman–Crippen LogP) is 0.810. The van der Waals surface area contributed by atoms with E-state index in [4.69, 9.17) is 5.73 Å². The maximum absolute atomic E-state index is 9.97. The van der Waals surface area contributed by atoms with Gasteiger partial charge in [0.25, 0.3) is 0 Å². The minimum Gasteiger partial charge on any atom is -0.369 e. The van der Waals surface area contributed by atoms with Gasteiger partial charge in [0.1, 0.15) is 0 Å². The SMILES string of the molecule is C=C(I)CC(N)=O. The first-order valence-electron chi connectivity index (χ1n) is 1.74. The fourth-order valence-electron chi connectivity index (χ4n) is 0.189. The first-order chi connectivity index (χ1) is 3.13. The Hall–Kier alpha value is -0.0600. The summed E-state index contributed by atoms with van der Waals surface area (Å²) in [5.41, 5.74) is 4.79. The highest BCUT2D eigenvalue weighted by Crippen LogP contribution is 2.04. The third kappa shape index (κ3) is 5.94. The number of amides is 1. The number of carbonyl (C=O) groups is 1. The molecule has 0 bridgehead atoms. The molecule has 0 unspecified atom stereocenters. The Morgan fingerprint density at radius 1 is 1.86 bits per heavy atom. The smallest absolute Gasteiger partial charge is 0.222 e. The Labute approximate surface area is 55.9 Å². The minimum atomic E-state index is -0.320. The molecule has 0 fully saturated rings. The molecule has 0 aliphatic heterocycles. The summed E-state index contributed by atoms with van der Waals surface area (Å²) in [4.78, 5) is 9.97. The highest BCUT2D eigenvalue weighted by Gasteiger charge is 1.91. The Kier molecular flexibility index (Phi) is 2.98. The Bertz CT molecular complexity index is 87.9. The maximum atomic E-state index is 9.97. The molecular formula is C4H6INO. The highest BCUT2D eigenvalue weighted by atomic mass is 127. The van der Waals surface area contributed by atoms with E-state index in [1.807, 2.05) is 22.6 Å². The molecule has 1 amide bonds. The third-order valence-corrected chi connectivity index (χ3v) is 0.747. The molecule has 0 atom stereocenters. The van der Waals surface area contributed by atoms with Crippen LogP contribution in [0.1, 0.15) is 6.42 Å². The molecule has 0 aliphatic carbocycles. The van der Waals surface area contributed by atoms with Gasteiger partial charge in [-0.15, -0.1) is 0 Å². The van der Waals surface area contributed by atoms with Crippen LogP contribution >= 0.6 is 22.6 Å². The molecule has 0 radical (unpaired) electrons. The number of rotatable bonds is 2. The molecule has 3 heteroatoms. The quantitative estimate of drug-likeness (QED) is 0.674. The molecule has 0 aromatic carbocycles. The first kappa shape index (κ1) is 6.94. The summed E-state index contributed by atoms with van der Waals surface area (Å²) in [5, 5.41) is 0. The van der Waals surface area contributed by atoms with E-state index in [0.29, 0.717) is 6.42 Å². The van der Waals surface area contributed by atoms with Crippen LogP contribution in [0.25, 0.3) is 0 Å². The normalized spacial score (nSPS) is 8.14. The van der Waals surface area contributed by atoms with E-state index in [1.165, 1.54) is 0 Å². The lowest BCUT2D eigenvalue weighted by atomic mass is 10.4. The van der Waals surface area contributed by atoms with Crippen molar-refractivity contribution < 1.29 is 4.79 Å². The van der Waals surface area contributed by atoms with Crippen LogP contribution < -0.4 is 5.73 Å². The van der Waals surface area contributed by atoms with E-state index in [2.05, 4.69) is 6.58 Å². The molecule has 40 valence electrons. The fourth-order valence-corrected chi connectivity index (χ4v) is 0.565. The van der Waals surface area contributed by atoms with Crippen molar-refractivity contribution in [1.29, 1.82) is 0 Å². The van der Waals surface area contributed by atoms with Crippen LogP contribution in [0.3, 0.4) is 0 Å². The van der Waals surface area contributed by atoms with Crippen molar-refractivity contribution in [2.24, 2.45) is 5.73 Å². The maximum Gasteiger partial charge on any atom is 0.222 e. The summed E-state index contributed by atoms with van der Waals surface area (Å²) in [6.07, 6.45) is 0.292. The van der Waals surface area contributed by atoms with Crippen LogP contribution in [0, 0.1) is 0 Å². The number of hydrogen-bond acceptors (Lipinski definition) is 1. The molecular weight excluding hydrogens is 205 g/mol. The zero-order valence-corrected chi connectivity index (χ0v) is 5.94. The second kappa shape index (κ2) is 3.01. The van der Waals surface area contributed by atoms with E-state index < -0.39 is 0 Å². The summed E-state index contributed by atoms with van der Waals surface area (Å²) in [6, 6.07) is 0. The lowest BCUT2D eigenvalue weighted by Gasteiger charge is -1.85. The van der Waals surface area contributed by atoms with E-state index in [1.54, 1.807) is 0 Å². The average molecular weight is 211 g/mol. The molecule has 0 saturated carbocycles. The number of carbonyl (C=O) groups excluding carboxylic acids is 1. The van der Waals surface area contributed by atoms with Gasteiger partial charge in [-0.3, -0.25) is 4.79 Å². The van der Waals surface area contributed by atoms with Gasteiger partial charge in [-0.1, -0.05) is 6.58 Å². The second-order valence-electron chi connectivity index (χ2n) is 1.16. The van der Waals surface area contributed by atoms with Crippen molar-refractivity contribution in [3.63, 3.8) is 0 Å². The van der Waals surface area contributed by atoms with Crippen molar-refractivity contribution >= 4 is 28.5 Å². The van der Waals surface area contributed by atoms with Crippen LogP contribution in [-0.2, 0) is 4.79 Å². The monoisotopic (exact) mass is 211 g/mol. The number of nitrogens with two attached hydrogens (primary N) is 1. The zero-order chi connectivity index (χ0) is 5.86. The molecule has 7 heavy (non-hydrogen) atoms. The van der Waals surface area contributed by atoms with E-state index >= 15 is 0 Å². The number of hydrogen-bond donors (Lipinski definition) is 1. The third-order valence-electron chi connectivity index (χ3n) is 0.366. The zero-order valence-electron chi connectivity index (χ0n) is 3.78. The van der Waals surface area contributed by atoms with Crippen LogP contribution in [0.5, 0.6) is 0 Å². The van der Waals surface area contributed by atoms with Gasteiger partial charge < -0.3 is 5.73 Å². The van der Waals surface area contributed by atoms with Crippen molar-refractivity contribution in [3.8, 4) is 0 Å². The molecule has 0 aliphatic rings. The molecule has 2 N–H and O–H groups in total. The van der Waals surface area contributed by atoms with Gasteiger partial charge in [-0.05, 0) is 26.2 Å². The molecule has 0 aromatic heterocycles. The first-order valence-corrected chi connectivity index (χ1v) is 2.82. The second-order valence-corrected chi connectivity index (χ2v) is 2.69. The largest absolute Gasteiger partial charge is 0.369 e. The summed E-state index contributed by atoms with van der Waals surface area (Å²) in [6.45, 7) is 3.48. The Balaban J connectivity index is 3.32. The summed E-state index contributed by atoms with van der Waals surface area (Å²) in [5.74, 6) is -0.320. The van der Waals surface area contributed by atoms with Crippen molar-refractivity contribution in [1.82, 2.24) is 0 Å². The van der Waals surface area contributed by atoms with Crippen LogP contribution in [0.4, 0.5) is 0 Å². The van der Waals surface area contributed by atoms with Gasteiger partial charge in [0.05, 0.1) is 6.42 Å². The topological polar surface area (TPSA) is 43.1 Å². The highest BCUT2D eigenvalue weighted by molar-refractivity contribution is 14.1. The van der Waals surface area contributed by atoms with Crippen molar-refractivity contribution in [3.05, 3.63) is 10.2 Å². The van der Waals surface area contributed by atoms with Crippen molar-refractivity contribution in [2.75, 3.05) is 0 Å². The minimum absolute atomic E-state index is 0.292. The molecule has 0 spiro atoms. The van der Waals surface area contributed by atoms with Gasteiger partial charge >= 0.3 is 0 Å². The summed E-state index contributed by atoms with van der Waals surface area (Å²) in [7, 11) is 0. The van der Waals surface area contributed by atoms with Gasteiger partial charge in [0, 0.05) is 0 Å². The van der Waals surface area contributed by atoms with E-state index in [-0.39, 0.29) is 5.91 Å². The van der Waals surface area contributed by atoms with Crippen LogP contribution in [-0.4, -0.2) is 5.91 Å². The molecule has 0 aromatic rings. The lowest BCUT2D eigenvalue weighted by molar-refractivity contribution is -0.117. The number of halogens is 1. The average Bonchev–Trinajstić information content (AvgIpc) is 1.27. The Morgan fingerprint density at radius 2 is 2.29 bits per heavy atom. The van der Waals surface area contributed by atoms with E-state index in [9.17, 15) is 4.79 Å². The van der Waals surface area contributed by atoms with Gasteiger partial charge in [-0.25, -0.2) is 0 Å².